The molecule has 0 aliphatic rings. The Hall–Kier alpha value is -0.800. The smallest absolute Gasteiger partial charge is 0.359 e. The van der Waals surface area contributed by atoms with Crippen molar-refractivity contribution >= 4 is 24.6 Å². The molecule has 0 N–H and O–H groups in total. The topological polar surface area (TPSA) is 123 Å². The van der Waals surface area contributed by atoms with Crippen molar-refractivity contribution in [2.75, 3.05) is 13.2 Å². The molecule has 0 atom stereocenters. The van der Waals surface area contributed by atoms with Gasteiger partial charge in [0.25, 0.3) is 0 Å². The van der Waals surface area contributed by atoms with Crippen molar-refractivity contribution in [3.63, 3.8) is 0 Å². The first-order valence-electron chi connectivity index (χ1n) is 5.54. The van der Waals surface area contributed by atoms with E-state index in [1.54, 1.807) is 27.7 Å². The molecule has 8 nitrogen and oxygen atoms in total. The molecule has 0 saturated carbocycles. The molecule has 10 heteroatoms. The molecule has 19 heavy (non-hydrogen) atoms. The van der Waals surface area contributed by atoms with E-state index in [0.29, 0.717) is 0 Å². The Morgan fingerprint density at radius 2 is 1.26 bits per heavy atom. The minimum atomic E-state index is -4.69. The highest BCUT2D eigenvalue weighted by atomic mass is 32.3. The molecular formula is C9H18N2O6S2. The summed E-state index contributed by atoms with van der Waals surface area (Å²) in [4.78, 5) is 2.28. The number of nitrogens with zero attached hydrogens (tertiary/aromatic N) is 2. The van der Waals surface area contributed by atoms with Crippen LogP contribution in [0.25, 0.3) is 5.53 Å². The van der Waals surface area contributed by atoms with E-state index in [0.717, 1.165) is 0 Å². The molecule has 0 aromatic rings. The normalized spacial score (nSPS) is 12.7. The highest BCUT2D eigenvalue weighted by Gasteiger charge is 2.44. The fourth-order valence-electron chi connectivity index (χ4n) is 0.777. The molecule has 0 radical (unpaired) electrons. The van der Waals surface area contributed by atoms with Crippen LogP contribution in [0.4, 0.5) is 0 Å². The van der Waals surface area contributed by atoms with Crippen LogP contribution in [0.1, 0.15) is 27.7 Å². The van der Waals surface area contributed by atoms with Crippen LogP contribution >= 0.6 is 0 Å². The van der Waals surface area contributed by atoms with Crippen molar-refractivity contribution in [1.29, 1.82) is 0 Å². The second-order valence-electron chi connectivity index (χ2n) is 4.63. The van der Waals surface area contributed by atoms with Gasteiger partial charge in [0.2, 0.25) is 0 Å². The molecule has 0 aromatic heterocycles. The van der Waals surface area contributed by atoms with Gasteiger partial charge < -0.3 is 5.53 Å². The zero-order valence-electron chi connectivity index (χ0n) is 11.2. The SMILES string of the molecule is CC(C)COS(=O)(=O)C(=[N+]=[N-])S(=O)(=O)OCC(C)C. The molecule has 0 saturated heterocycles. The summed E-state index contributed by atoms with van der Waals surface area (Å²) in [7, 11) is -9.37. The lowest BCUT2D eigenvalue weighted by atomic mass is 10.2. The van der Waals surface area contributed by atoms with Gasteiger partial charge in [-0.05, 0) is 11.8 Å². The van der Waals surface area contributed by atoms with Gasteiger partial charge in [0.1, 0.15) is 0 Å². The van der Waals surface area contributed by atoms with E-state index < -0.39 is 24.6 Å². The largest absolute Gasteiger partial charge is 0.546 e. The Bertz CT molecular complexity index is 499. The molecule has 0 spiro atoms. The van der Waals surface area contributed by atoms with Gasteiger partial charge in [-0.3, -0.25) is 8.37 Å². The molecule has 0 aliphatic carbocycles. The Morgan fingerprint density at radius 3 is 1.47 bits per heavy atom. The molecule has 0 unspecified atom stereocenters. The monoisotopic (exact) mass is 314 g/mol. The molecule has 0 amide bonds. The van der Waals surface area contributed by atoms with Gasteiger partial charge in [0, 0.05) is 0 Å². The fraction of sp³-hybridized carbons (Fsp3) is 0.889. The van der Waals surface area contributed by atoms with E-state index >= 15 is 0 Å². The van der Waals surface area contributed by atoms with Gasteiger partial charge in [-0.2, -0.15) is 16.8 Å². The quantitative estimate of drug-likeness (QED) is 0.232. The van der Waals surface area contributed by atoms with Crippen molar-refractivity contribution in [2.24, 2.45) is 11.8 Å². The lowest BCUT2D eigenvalue weighted by molar-refractivity contribution is 0.00168. The lowest BCUT2D eigenvalue weighted by Crippen LogP contribution is -2.30. The molecule has 0 fully saturated rings. The minimum absolute atomic E-state index is 0.144. The Kier molecular flexibility index (Phi) is 6.81. The van der Waals surface area contributed by atoms with Crippen LogP contribution in [-0.2, 0) is 28.6 Å². The number of rotatable bonds is 6. The summed E-state index contributed by atoms with van der Waals surface area (Å²) < 4.78 is 53.7. The first kappa shape index (κ1) is 18.2. The van der Waals surface area contributed by atoms with Crippen LogP contribution in [-0.4, -0.2) is 39.2 Å². The summed E-state index contributed by atoms with van der Waals surface area (Å²) >= 11 is 0. The van der Waals surface area contributed by atoms with E-state index in [1.165, 1.54) is 0 Å². The number of hydrogen-bond acceptors (Lipinski definition) is 6. The summed E-state index contributed by atoms with van der Waals surface area (Å²) in [5, 5.41) is 0. The summed E-state index contributed by atoms with van der Waals surface area (Å²) in [6.45, 7) is 6.23. The lowest BCUT2D eigenvalue weighted by Gasteiger charge is -2.06. The van der Waals surface area contributed by atoms with Gasteiger partial charge in [0.05, 0.1) is 13.2 Å². The second-order valence-corrected chi connectivity index (χ2v) is 7.95. The minimum Gasteiger partial charge on any atom is -0.359 e. The molecule has 0 heterocycles. The fourth-order valence-corrected chi connectivity index (χ4v) is 3.37. The molecule has 112 valence electrons. The van der Waals surface area contributed by atoms with E-state index in [9.17, 15) is 16.8 Å². The van der Waals surface area contributed by atoms with Gasteiger partial charge in [-0.15, -0.1) is 4.79 Å². The standard InChI is InChI=1S/C9H18N2O6S2/c1-7(2)5-16-18(12,13)9(11-10)19(14,15)17-6-8(3)4/h7-8H,5-6H2,1-4H3. The first-order chi connectivity index (χ1) is 8.53. The molecule has 0 aromatic carbocycles. The van der Waals surface area contributed by atoms with E-state index in [2.05, 4.69) is 13.2 Å². The van der Waals surface area contributed by atoms with Gasteiger partial charge >= 0.3 is 24.6 Å². The van der Waals surface area contributed by atoms with Crippen molar-refractivity contribution in [2.45, 2.75) is 27.7 Å². The maximum absolute atomic E-state index is 11.6. The van der Waals surface area contributed by atoms with Crippen LogP contribution < -0.4 is 0 Å². The van der Waals surface area contributed by atoms with Crippen LogP contribution in [0.3, 0.4) is 0 Å². The maximum atomic E-state index is 11.6. The van der Waals surface area contributed by atoms with Crippen LogP contribution in [0.15, 0.2) is 0 Å². The van der Waals surface area contributed by atoms with Crippen LogP contribution in [0.5, 0.6) is 0 Å². The summed E-state index contributed by atoms with van der Waals surface area (Å²) in [6, 6.07) is 0. The van der Waals surface area contributed by atoms with Crippen LogP contribution in [0.2, 0.25) is 0 Å². The molecule has 0 rings (SSSR count). The second kappa shape index (κ2) is 7.11. The van der Waals surface area contributed by atoms with E-state index in [1.807, 2.05) is 0 Å². The van der Waals surface area contributed by atoms with E-state index in [4.69, 9.17) is 5.53 Å². The summed E-state index contributed by atoms with van der Waals surface area (Å²) in [5.74, 6) is -0.289. The van der Waals surface area contributed by atoms with Gasteiger partial charge in [-0.25, -0.2) is 0 Å². The zero-order valence-corrected chi connectivity index (χ0v) is 12.9. The summed E-state index contributed by atoms with van der Waals surface area (Å²) in [6.07, 6.45) is 0. The predicted molar refractivity (Wildman–Crippen MR) is 68.0 cm³/mol. The predicted octanol–water partition coefficient (Wildman–Crippen LogP) is 0.577. The number of hydrogen-bond donors (Lipinski definition) is 0. The molecular weight excluding hydrogens is 296 g/mol. The van der Waals surface area contributed by atoms with Crippen molar-refractivity contribution in [1.82, 2.24) is 0 Å². The molecule has 0 bridgehead atoms. The summed E-state index contributed by atoms with van der Waals surface area (Å²) in [5.41, 5.74) is 8.60. The average molecular weight is 314 g/mol. The van der Waals surface area contributed by atoms with Crippen LogP contribution in [0, 0.1) is 11.8 Å². The van der Waals surface area contributed by atoms with E-state index in [-0.39, 0.29) is 25.0 Å². The highest BCUT2D eigenvalue weighted by Crippen LogP contribution is 2.09. The van der Waals surface area contributed by atoms with Gasteiger partial charge in [0.15, 0.2) is 0 Å². The Morgan fingerprint density at radius 1 is 0.947 bits per heavy atom. The zero-order chi connectivity index (χ0) is 15.3. The molecule has 0 aliphatic heterocycles. The third-order valence-electron chi connectivity index (χ3n) is 1.62. The maximum Gasteiger partial charge on any atom is 0.546 e. The third kappa shape index (κ3) is 6.26. The van der Waals surface area contributed by atoms with Crippen molar-refractivity contribution < 1.29 is 30.0 Å². The first-order valence-corrected chi connectivity index (χ1v) is 8.35. The Balaban J connectivity index is 5.18. The van der Waals surface area contributed by atoms with Crippen molar-refractivity contribution in [3.8, 4) is 0 Å². The third-order valence-corrected chi connectivity index (χ3v) is 4.76. The Labute approximate surface area is 113 Å². The highest BCUT2D eigenvalue weighted by molar-refractivity contribution is 8.27. The van der Waals surface area contributed by atoms with Crippen molar-refractivity contribution in [3.05, 3.63) is 5.53 Å². The average Bonchev–Trinajstić information content (AvgIpc) is 2.24. The van der Waals surface area contributed by atoms with Gasteiger partial charge in [-0.1, -0.05) is 27.7 Å².